The van der Waals surface area contributed by atoms with Gasteiger partial charge in [-0.1, -0.05) is 96.5 Å². The number of carbonyl (C=O) groups is 3. The molecule has 0 radical (unpaired) electrons. The molecule has 7 nitrogen and oxygen atoms in total. The van der Waals surface area contributed by atoms with E-state index >= 15 is 0 Å². The van der Waals surface area contributed by atoms with Gasteiger partial charge in [-0.3, -0.25) is 14.4 Å². The molecule has 0 heterocycles. The van der Waals surface area contributed by atoms with Crippen molar-refractivity contribution in [1.82, 2.24) is 5.32 Å². The number of amides is 3. The van der Waals surface area contributed by atoms with Gasteiger partial charge in [0.25, 0.3) is 11.8 Å². The largest absolute Gasteiger partial charge is 0.493 e. The van der Waals surface area contributed by atoms with Crippen molar-refractivity contribution < 1.29 is 19.1 Å². The average molecular weight is 662 g/mol. The molecule has 5 aromatic carbocycles. The van der Waals surface area contributed by atoms with Crippen LogP contribution in [0.15, 0.2) is 144 Å². The minimum atomic E-state index is -0.617. The van der Waals surface area contributed by atoms with Crippen LogP contribution >= 0.6 is 23.4 Å². The molecule has 0 bridgehead atoms. The Bertz CT molecular complexity index is 1880. The molecule has 236 valence electrons. The van der Waals surface area contributed by atoms with Crippen molar-refractivity contribution in [3.05, 3.63) is 161 Å². The summed E-state index contributed by atoms with van der Waals surface area (Å²) in [5.41, 5.74) is 2.88. The molecule has 0 spiro atoms. The molecule has 0 aliphatic rings. The first-order chi connectivity index (χ1) is 22.9. The van der Waals surface area contributed by atoms with E-state index in [1.165, 1.54) is 11.8 Å². The maximum absolute atomic E-state index is 13.7. The van der Waals surface area contributed by atoms with Crippen LogP contribution in [0.3, 0.4) is 0 Å². The lowest BCUT2D eigenvalue weighted by molar-refractivity contribution is -0.116. The van der Waals surface area contributed by atoms with Gasteiger partial charge in [-0.25, -0.2) is 0 Å². The molecule has 0 saturated carbocycles. The van der Waals surface area contributed by atoms with Gasteiger partial charge in [-0.05, 0) is 67.1 Å². The molecule has 5 rings (SSSR count). The molecular weight excluding hydrogens is 630 g/mol. The van der Waals surface area contributed by atoms with Crippen molar-refractivity contribution in [3.63, 3.8) is 0 Å². The van der Waals surface area contributed by atoms with Gasteiger partial charge in [0.05, 0.1) is 17.3 Å². The third kappa shape index (κ3) is 9.13. The van der Waals surface area contributed by atoms with E-state index in [9.17, 15) is 14.4 Å². The molecule has 0 aliphatic heterocycles. The Morgan fingerprint density at radius 1 is 0.787 bits per heavy atom. The molecule has 3 amide bonds. The minimum absolute atomic E-state index is 0.0327. The molecule has 47 heavy (non-hydrogen) atoms. The standard InChI is InChI=1S/C38H32ClN3O4S/c1-2-46-34-23-12-9-18-28(34)24-33(42-36(43)27-16-7-4-8-17-27)37(44)40-29-19-13-20-30(25-29)47-35(26-14-5-3-6-15-26)38(45)41-32-22-11-10-21-31(32)39/h3-25,35H,2H2,1H3,(H,40,44)(H,41,45)(H,42,43)/b33-24+. The van der Waals surface area contributed by atoms with E-state index in [0.717, 1.165) is 10.5 Å². The summed E-state index contributed by atoms with van der Waals surface area (Å²) in [7, 11) is 0. The Morgan fingerprint density at radius 3 is 2.21 bits per heavy atom. The minimum Gasteiger partial charge on any atom is -0.493 e. The van der Waals surface area contributed by atoms with Crippen LogP contribution in [-0.2, 0) is 9.59 Å². The van der Waals surface area contributed by atoms with E-state index in [-0.39, 0.29) is 11.6 Å². The van der Waals surface area contributed by atoms with Crippen LogP contribution < -0.4 is 20.7 Å². The zero-order valence-corrected chi connectivity index (χ0v) is 27.1. The highest BCUT2D eigenvalue weighted by atomic mass is 35.5. The highest BCUT2D eigenvalue weighted by molar-refractivity contribution is 8.00. The van der Waals surface area contributed by atoms with E-state index in [1.54, 1.807) is 78.9 Å². The SMILES string of the molecule is CCOc1ccccc1/C=C(/NC(=O)c1ccccc1)C(=O)Nc1cccc(SC(C(=O)Nc2ccccc2Cl)c2ccccc2)c1. The van der Waals surface area contributed by atoms with Crippen LogP contribution in [0.1, 0.15) is 33.7 Å². The third-order valence-electron chi connectivity index (χ3n) is 6.87. The van der Waals surface area contributed by atoms with E-state index in [0.29, 0.717) is 39.9 Å². The molecule has 1 atom stereocenters. The molecule has 9 heteroatoms. The van der Waals surface area contributed by atoms with Gasteiger partial charge in [-0.15, -0.1) is 11.8 Å². The number of rotatable bonds is 12. The van der Waals surface area contributed by atoms with Gasteiger partial charge in [0.1, 0.15) is 16.7 Å². The highest BCUT2D eigenvalue weighted by Gasteiger charge is 2.23. The molecule has 0 aromatic heterocycles. The van der Waals surface area contributed by atoms with Crippen LogP contribution in [0.2, 0.25) is 5.02 Å². The first kappa shape index (κ1) is 33.1. The van der Waals surface area contributed by atoms with Gasteiger partial charge in [0.15, 0.2) is 0 Å². The van der Waals surface area contributed by atoms with Crippen LogP contribution in [0.25, 0.3) is 6.08 Å². The third-order valence-corrected chi connectivity index (χ3v) is 8.44. The summed E-state index contributed by atoms with van der Waals surface area (Å²) in [4.78, 5) is 41.2. The van der Waals surface area contributed by atoms with Crippen molar-refractivity contribution in [2.75, 3.05) is 17.2 Å². The van der Waals surface area contributed by atoms with E-state index < -0.39 is 17.1 Å². The highest BCUT2D eigenvalue weighted by Crippen LogP contribution is 2.38. The number of benzene rings is 5. The summed E-state index contributed by atoms with van der Waals surface area (Å²) in [6.45, 7) is 2.31. The number of ether oxygens (including phenoxy) is 1. The second-order valence-electron chi connectivity index (χ2n) is 10.2. The van der Waals surface area contributed by atoms with Crippen LogP contribution in [-0.4, -0.2) is 24.3 Å². The van der Waals surface area contributed by atoms with Crippen molar-refractivity contribution in [2.24, 2.45) is 0 Å². The first-order valence-electron chi connectivity index (χ1n) is 14.9. The molecule has 0 saturated heterocycles. The van der Waals surface area contributed by atoms with Crippen LogP contribution in [0.5, 0.6) is 5.75 Å². The summed E-state index contributed by atoms with van der Waals surface area (Å²) in [6, 6.07) is 39.6. The van der Waals surface area contributed by atoms with Crippen LogP contribution in [0.4, 0.5) is 11.4 Å². The van der Waals surface area contributed by atoms with Crippen LogP contribution in [0, 0.1) is 0 Å². The molecule has 3 N–H and O–H groups in total. The second-order valence-corrected chi connectivity index (χ2v) is 11.8. The van der Waals surface area contributed by atoms with Gasteiger partial charge in [0, 0.05) is 21.7 Å². The number of anilines is 2. The normalized spacial score (nSPS) is 11.7. The molecule has 0 aliphatic carbocycles. The lowest BCUT2D eigenvalue weighted by Gasteiger charge is -2.18. The molecule has 1 unspecified atom stereocenters. The van der Waals surface area contributed by atoms with Crippen molar-refractivity contribution in [3.8, 4) is 5.75 Å². The average Bonchev–Trinajstić information content (AvgIpc) is 3.09. The predicted octanol–water partition coefficient (Wildman–Crippen LogP) is 8.62. The number of nitrogens with one attached hydrogen (secondary N) is 3. The number of hydrogen-bond donors (Lipinski definition) is 3. The smallest absolute Gasteiger partial charge is 0.272 e. The zero-order chi connectivity index (χ0) is 33.0. The maximum Gasteiger partial charge on any atom is 0.272 e. The Labute approximate surface area is 283 Å². The lowest BCUT2D eigenvalue weighted by Crippen LogP contribution is -2.30. The fourth-order valence-corrected chi connectivity index (χ4v) is 5.89. The Balaban J connectivity index is 1.40. The summed E-state index contributed by atoms with van der Waals surface area (Å²) in [5.74, 6) is -0.625. The second kappa shape index (κ2) is 16.3. The molecule has 0 fully saturated rings. The van der Waals surface area contributed by atoms with Gasteiger partial charge in [-0.2, -0.15) is 0 Å². The number of para-hydroxylation sites is 2. The van der Waals surface area contributed by atoms with E-state index in [2.05, 4.69) is 16.0 Å². The summed E-state index contributed by atoms with van der Waals surface area (Å²) >= 11 is 7.65. The first-order valence-corrected chi connectivity index (χ1v) is 16.2. The fourth-order valence-electron chi connectivity index (χ4n) is 4.63. The summed E-state index contributed by atoms with van der Waals surface area (Å²) in [5, 5.41) is 8.44. The number of carbonyl (C=O) groups excluding carboxylic acids is 3. The Kier molecular flexibility index (Phi) is 11.5. The fraction of sp³-hybridized carbons (Fsp3) is 0.0789. The maximum atomic E-state index is 13.7. The number of thioether (sulfide) groups is 1. The summed E-state index contributed by atoms with van der Waals surface area (Å²) < 4.78 is 5.75. The van der Waals surface area contributed by atoms with Gasteiger partial charge >= 0.3 is 0 Å². The monoisotopic (exact) mass is 661 g/mol. The summed E-state index contributed by atoms with van der Waals surface area (Å²) in [6.07, 6.45) is 1.59. The zero-order valence-electron chi connectivity index (χ0n) is 25.5. The lowest BCUT2D eigenvalue weighted by atomic mass is 10.1. The predicted molar refractivity (Wildman–Crippen MR) is 190 cm³/mol. The topological polar surface area (TPSA) is 96.5 Å². The van der Waals surface area contributed by atoms with Crippen molar-refractivity contribution in [1.29, 1.82) is 0 Å². The van der Waals surface area contributed by atoms with Crippen molar-refractivity contribution in [2.45, 2.75) is 17.1 Å². The van der Waals surface area contributed by atoms with E-state index in [4.69, 9.17) is 16.3 Å². The quantitative estimate of drug-likeness (QED) is 0.0919. The number of halogens is 1. The Morgan fingerprint density at radius 2 is 1.47 bits per heavy atom. The Hall–Kier alpha value is -5.31. The molecule has 5 aromatic rings. The van der Waals surface area contributed by atoms with Gasteiger partial charge in [0.2, 0.25) is 5.91 Å². The number of hydrogen-bond acceptors (Lipinski definition) is 5. The molecular formula is C38H32ClN3O4S. The van der Waals surface area contributed by atoms with Crippen molar-refractivity contribution >= 4 is 58.5 Å². The van der Waals surface area contributed by atoms with E-state index in [1.807, 2.05) is 67.6 Å². The van der Waals surface area contributed by atoms with Gasteiger partial charge < -0.3 is 20.7 Å².